The van der Waals surface area contributed by atoms with E-state index in [-0.39, 0.29) is 11.8 Å². The van der Waals surface area contributed by atoms with Crippen molar-refractivity contribution in [2.75, 3.05) is 21.2 Å². The van der Waals surface area contributed by atoms with Crippen molar-refractivity contribution in [2.45, 2.75) is 62.2 Å². The van der Waals surface area contributed by atoms with Gasteiger partial charge in [-0.3, -0.25) is 4.79 Å². The van der Waals surface area contributed by atoms with Crippen molar-refractivity contribution < 1.29 is 19.4 Å². The van der Waals surface area contributed by atoms with Gasteiger partial charge in [-0.25, -0.2) is 0 Å². The summed E-state index contributed by atoms with van der Waals surface area (Å²) < 4.78 is 11.8. The van der Waals surface area contributed by atoms with Crippen molar-refractivity contribution in [1.29, 1.82) is 0 Å². The van der Waals surface area contributed by atoms with E-state index in [0.717, 1.165) is 35.5 Å². The summed E-state index contributed by atoms with van der Waals surface area (Å²) in [4.78, 5) is 14.9. The molecule has 4 atom stereocenters. The molecule has 5 nitrogen and oxygen atoms in total. The third-order valence-corrected chi connectivity index (χ3v) is 6.62. The highest BCUT2D eigenvalue weighted by atomic mass is 16.5. The maximum absolute atomic E-state index is 12.8. The van der Waals surface area contributed by atoms with Gasteiger partial charge >= 0.3 is 0 Å². The molecule has 1 fully saturated rings. The van der Waals surface area contributed by atoms with Gasteiger partial charge in [0.15, 0.2) is 11.9 Å². The molecule has 1 aromatic rings. The fourth-order valence-corrected chi connectivity index (χ4v) is 5.70. The molecule has 1 N–H and O–H groups in total. The van der Waals surface area contributed by atoms with E-state index in [9.17, 15) is 9.90 Å². The Morgan fingerprint density at radius 1 is 1.40 bits per heavy atom. The Morgan fingerprint density at radius 3 is 2.80 bits per heavy atom. The van der Waals surface area contributed by atoms with E-state index in [1.165, 1.54) is 0 Å². The Hall–Kier alpha value is -1.59. The highest BCUT2D eigenvalue weighted by molar-refractivity contribution is 5.89. The van der Waals surface area contributed by atoms with E-state index in [2.05, 4.69) is 11.8 Å². The molecule has 1 aromatic carbocycles. The number of ketones is 1. The van der Waals surface area contributed by atoms with Crippen molar-refractivity contribution in [3.05, 3.63) is 23.3 Å². The largest absolute Gasteiger partial charge is 0.496 e. The predicted molar refractivity (Wildman–Crippen MR) is 94.4 cm³/mol. The van der Waals surface area contributed by atoms with Gasteiger partial charge in [0.2, 0.25) is 0 Å². The van der Waals surface area contributed by atoms with Crippen molar-refractivity contribution in [3.63, 3.8) is 0 Å². The van der Waals surface area contributed by atoms with Gasteiger partial charge < -0.3 is 19.5 Å². The summed E-state index contributed by atoms with van der Waals surface area (Å²) in [5, 5.41) is 12.0. The lowest BCUT2D eigenvalue weighted by molar-refractivity contribution is -0.168. The van der Waals surface area contributed by atoms with E-state index >= 15 is 0 Å². The first kappa shape index (κ1) is 16.9. The first-order chi connectivity index (χ1) is 11.9. The number of nitrogens with zero attached hydrogens (tertiary/aromatic N) is 1. The van der Waals surface area contributed by atoms with Gasteiger partial charge in [0.05, 0.1) is 18.1 Å². The van der Waals surface area contributed by atoms with E-state index in [1.54, 1.807) is 7.11 Å². The van der Waals surface area contributed by atoms with Crippen LogP contribution in [-0.4, -0.2) is 54.7 Å². The second kappa shape index (κ2) is 5.45. The number of rotatable bonds is 4. The molecule has 0 bridgehead atoms. The highest BCUT2D eigenvalue weighted by Gasteiger charge is 2.70. The summed E-state index contributed by atoms with van der Waals surface area (Å²) in [6.45, 7) is 2.11. The van der Waals surface area contributed by atoms with E-state index in [1.807, 2.05) is 26.2 Å². The fourth-order valence-electron chi connectivity index (χ4n) is 5.70. The zero-order valence-corrected chi connectivity index (χ0v) is 15.5. The summed E-state index contributed by atoms with van der Waals surface area (Å²) in [5.41, 5.74) is 0.459. The molecular weight excluding hydrogens is 318 g/mol. The number of aliphatic hydroxyl groups is 1. The van der Waals surface area contributed by atoms with Crippen LogP contribution >= 0.6 is 0 Å². The van der Waals surface area contributed by atoms with Crippen LogP contribution in [0.25, 0.3) is 0 Å². The van der Waals surface area contributed by atoms with E-state index < -0.39 is 17.1 Å². The SMILES string of the molecule is CCC[C@@]12c3c4ccc(OC)c3CC(N(C)C)C1(O)CCC(=O)C2O4. The zero-order chi connectivity index (χ0) is 18.0. The minimum Gasteiger partial charge on any atom is -0.496 e. The minimum atomic E-state index is -0.976. The molecule has 0 aromatic heterocycles. The smallest absolute Gasteiger partial charge is 0.174 e. The highest BCUT2D eigenvalue weighted by Crippen LogP contribution is 2.62. The number of ether oxygens (including phenoxy) is 2. The van der Waals surface area contributed by atoms with Crippen molar-refractivity contribution in [3.8, 4) is 11.5 Å². The first-order valence-corrected chi connectivity index (χ1v) is 9.19. The van der Waals surface area contributed by atoms with Crippen LogP contribution in [0.5, 0.6) is 11.5 Å². The molecule has 5 heteroatoms. The average Bonchev–Trinajstić information content (AvgIpc) is 2.93. The third-order valence-electron chi connectivity index (χ3n) is 6.62. The predicted octanol–water partition coefficient (Wildman–Crippen LogP) is 2.07. The van der Waals surface area contributed by atoms with Crippen LogP contribution in [0.15, 0.2) is 12.1 Å². The Bertz CT molecular complexity index is 731. The van der Waals surface area contributed by atoms with Gasteiger partial charge in [-0.1, -0.05) is 13.3 Å². The normalized spacial score (nSPS) is 35.5. The maximum atomic E-state index is 12.8. The molecule has 25 heavy (non-hydrogen) atoms. The van der Waals surface area contributed by atoms with Crippen LogP contribution in [0.2, 0.25) is 0 Å². The van der Waals surface area contributed by atoms with Crippen LogP contribution < -0.4 is 9.47 Å². The molecule has 3 aliphatic rings. The average molecular weight is 345 g/mol. The van der Waals surface area contributed by atoms with E-state index in [4.69, 9.17) is 9.47 Å². The molecule has 0 spiro atoms. The number of hydrogen-bond acceptors (Lipinski definition) is 5. The van der Waals surface area contributed by atoms with Crippen molar-refractivity contribution in [2.24, 2.45) is 0 Å². The number of carbonyl (C=O) groups is 1. The third kappa shape index (κ3) is 1.88. The van der Waals surface area contributed by atoms with Crippen LogP contribution in [0.3, 0.4) is 0 Å². The Balaban J connectivity index is 2.06. The standard InChI is InChI=1S/C20H27NO4/c1-5-9-19-17-12-11-16(21(2)3)20(19,23)10-8-13(22)18(19)25-15(17)7-6-14(12)24-4/h6-7,16,18,23H,5,8-11H2,1-4H3/t16?,18?,19-,20?/m0/s1. The molecule has 1 saturated carbocycles. The Kier molecular flexibility index (Phi) is 3.68. The summed E-state index contributed by atoms with van der Waals surface area (Å²) >= 11 is 0. The number of hydrogen-bond donors (Lipinski definition) is 1. The molecule has 0 saturated heterocycles. The van der Waals surface area contributed by atoms with Crippen molar-refractivity contribution >= 4 is 5.78 Å². The summed E-state index contributed by atoms with van der Waals surface area (Å²) in [6.07, 6.45) is 2.59. The van der Waals surface area contributed by atoms with Gasteiger partial charge in [0.25, 0.3) is 0 Å². The zero-order valence-electron chi connectivity index (χ0n) is 15.5. The Morgan fingerprint density at radius 2 is 2.16 bits per heavy atom. The molecule has 2 aliphatic carbocycles. The summed E-state index contributed by atoms with van der Waals surface area (Å²) in [5.74, 6) is 1.68. The molecule has 1 aliphatic heterocycles. The monoisotopic (exact) mass is 345 g/mol. The molecule has 0 amide bonds. The molecular formula is C20H27NO4. The maximum Gasteiger partial charge on any atom is 0.174 e. The second-order valence-electron chi connectivity index (χ2n) is 7.91. The lowest BCUT2D eigenvalue weighted by Gasteiger charge is -2.58. The fraction of sp³-hybridized carbons (Fsp3) is 0.650. The molecule has 4 rings (SSSR count). The quantitative estimate of drug-likeness (QED) is 0.905. The van der Waals surface area contributed by atoms with Crippen molar-refractivity contribution in [1.82, 2.24) is 4.90 Å². The summed E-state index contributed by atoms with van der Waals surface area (Å²) in [6, 6.07) is 3.75. The minimum absolute atomic E-state index is 0.0759. The van der Waals surface area contributed by atoms with Gasteiger partial charge in [-0.15, -0.1) is 0 Å². The second-order valence-corrected chi connectivity index (χ2v) is 7.91. The van der Waals surface area contributed by atoms with Gasteiger partial charge in [-0.05, 0) is 45.5 Å². The van der Waals surface area contributed by atoms with Gasteiger partial charge in [-0.2, -0.15) is 0 Å². The topological polar surface area (TPSA) is 59.0 Å². The number of benzene rings is 1. The number of likely N-dealkylation sites (N-methyl/N-ethyl adjacent to an activating group) is 1. The van der Waals surface area contributed by atoms with Crippen LogP contribution in [0.4, 0.5) is 0 Å². The lowest BCUT2D eigenvalue weighted by atomic mass is 9.50. The number of carbonyl (C=O) groups excluding carboxylic acids is 1. The summed E-state index contributed by atoms with van der Waals surface area (Å²) in [7, 11) is 5.69. The first-order valence-electron chi connectivity index (χ1n) is 9.19. The number of Topliss-reactive ketones (excluding diaryl/α,β-unsaturated/α-hetero) is 1. The molecule has 3 unspecified atom stereocenters. The van der Waals surface area contributed by atoms with Gasteiger partial charge in [0, 0.05) is 23.6 Å². The lowest BCUT2D eigenvalue weighted by Crippen LogP contribution is -2.72. The van der Waals surface area contributed by atoms with Gasteiger partial charge in [0.1, 0.15) is 11.5 Å². The molecule has 1 heterocycles. The van der Waals surface area contributed by atoms with Crippen LogP contribution in [-0.2, 0) is 16.6 Å². The van der Waals surface area contributed by atoms with Crippen LogP contribution in [0, 0.1) is 0 Å². The molecule has 136 valence electrons. The Labute approximate surface area is 148 Å². The molecule has 0 radical (unpaired) electrons. The number of methoxy groups -OCH3 is 1. The van der Waals surface area contributed by atoms with E-state index in [0.29, 0.717) is 19.3 Å². The van der Waals surface area contributed by atoms with Crippen LogP contribution in [0.1, 0.15) is 43.7 Å².